The molecule has 16 heavy (non-hydrogen) atoms. The van der Waals surface area contributed by atoms with E-state index in [-0.39, 0.29) is 24.1 Å². The molecule has 0 radical (unpaired) electrons. The van der Waals surface area contributed by atoms with Crippen LogP contribution in [0, 0.1) is 6.92 Å². The SMILES string of the molecule is CCC(C)NC(=O)Cn1ccc(C)cc1=O. The van der Waals surface area contributed by atoms with Crippen LogP contribution in [0.5, 0.6) is 0 Å². The maximum Gasteiger partial charge on any atom is 0.251 e. The number of pyridine rings is 1. The van der Waals surface area contributed by atoms with Gasteiger partial charge in [0, 0.05) is 18.3 Å². The number of carbonyl (C=O) groups is 1. The van der Waals surface area contributed by atoms with Crippen LogP contribution in [-0.2, 0) is 11.3 Å². The smallest absolute Gasteiger partial charge is 0.251 e. The summed E-state index contributed by atoms with van der Waals surface area (Å²) >= 11 is 0. The summed E-state index contributed by atoms with van der Waals surface area (Å²) in [6, 6.07) is 3.49. The topological polar surface area (TPSA) is 51.1 Å². The van der Waals surface area contributed by atoms with Gasteiger partial charge < -0.3 is 9.88 Å². The third-order valence-corrected chi connectivity index (χ3v) is 2.49. The molecule has 1 amide bonds. The Bertz CT molecular complexity index is 423. The lowest BCUT2D eigenvalue weighted by molar-refractivity contribution is -0.122. The van der Waals surface area contributed by atoms with Crippen LogP contribution < -0.4 is 10.9 Å². The molecule has 1 N–H and O–H groups in total. The molecule has 1 aromatic heterocycles. The van der Waals surface area contributed by atoms with Crippen molar-refractivity contribution in [3.63, 3.8) is 0 Å². The van der Waals surface area contributed by atoms with E-state index in [1.165, 1.54) is 10.6 Å². The molecule has 0 bridgehead atoms. The zero-order chi connectivity index (χ0) is 12.1. The average molecular weight is 222 g/mol. The van der Waals surface area contributed by atoms with Crippen molar-refractivity contribution in [1.82, 2.24) is 9.88 Å². The molecule has 1 aromatic rings. The standard InChI is InChI=1S/C12H18N2O2/c1-4-10(3)13-11(15)8-14-6-5-9(2)7-12(14)16/h5-7,10H,4,8H2,1-3H3,(H,13,15). The van der Waals surface area contributed by atoms with Gasteiger partial charge in [-0.15, -0.1) is 0 Å². The van der Waals surface area contributed by atoms with Gasteiger partial charge in [-0.1, -0.05) is 6.92 Å². The van der Waals surface area contributed by atoms with E-state index < -0.39 is 0 Å². The van der Waals surface area contributed by atoms with E-state index in [0.717, 1.165) is 12.0 Å². The van der Waals surface area contributed by atoms with Crippen LogP contribution in [0.3, 0.4) is 0 Å². The molecule has 0 saturated carbocycles. The zero-order valence-corrected chi connectivity index (χ0v) is 9.99. The van der Waals surface area contributed by atoms with E-state index in [4.69, 9.17) is 0 Å². The molecule has 1 unspecified atom stereocenters. The van der Waals surface area contributed by atoms with Crippen molar-refractivity contribution in [3.8, 4) is 0 Å². The predicted octanol–water partition coefficient (Wildman–Crippen LogP) is 1.07. The van der Waals surface area contributed by atoms with Gasteiger partial charge in [0.15, 0.2) is 0 Å². The highest BCUT2D eigenvalue weighted by Crippen LogP contribution is 1.92. The maximum atomic E-state index is 11.5. The fraction of sp³-hybridized carbons (Fsp3) is 0.500. The number of hydrogen-bond donors (Lipinski definition) is 1. The minimum absolute atomic E-state index is 0.0868. The van der Waals surface area contributed by atoms with Gasteiger partial charge in [0.1, 0.15) is 6.54 Å². The fourth-order valence-corrected chi connectivity index (χ4v) is 1.31. The maximum absolute atomic E-state index is 11.5. The second-order valence-electron chi connectivity index (χ2n) is 4.05. The van der Waals surface area contributed by atoms with Gasteiger partial charge in [-0.3, -0.25) is 9.59 Å². The van der Waals surface area contributed by atoms with Crippen molar-refractivity contribution >= 4 is 5.91 Å². The fourth-order valence-electron chi connectivity index (χ4n) is 1.31. The lowest BCUT2D eigenvalue weighted by Gasteiger charge is -2.12. The number of amides is 1. The van der Waals surface area contributed by atoms with Crippen molar-refractivity contribution in [2.45, 2.75) is 39.8 Å². The molecule has 0 saturated heterocycles. The summed E-state index contributed by atoms with van der Waals surface area (Å²) in [5.74, 6) is -0.125. The summed E-state index contributed by atoms with van der Waals surface area (Å²) in [5.41, 5.74) is 0.767. The van der Waals surface area contributed by atoms with Crippen LogP contribution in [0.15, 0.2) is 23.1 Å². The highest BCUT2D eigenvalue weighted by Gasteiger charge is 2.06. The van der Waals surface area contributed by atoms with E-state index in [0.29, 0.717) is 0 Å². The number of aryl methyl sites for hydroxylation is 1. The Hall–Kier alpha value is -1.58. The third kappa shape index (κ3) is 3.53. The van der Waals surface area contributed by atoms with Gasteiger partial charge in [-0.05, 0) is 31.9 Å². The van der Waals surface area contributed by atoms with Gasteiger partial charge in [0.25, 0.3) is 5.56 Å². The minimum Gasteiger partial charge on any atom is -0.352 e. The number of hydrogen-bond acceptors (Lipinski definition) is 2. The summed E-state index contributed by atoms with van der Waals surface area (Å²) in [7, 11) is 0. The van der Waals surface area contributed by atoms with Gasteiger partial charge >= 0.3 is 0 Å². The van der Waals surface area contributed by atoms with Gasteiger partial charge in [-0.2, -0.15) is 0 Å². The molecule has 0 aliphatic rings. The molecular formula is C12H18N2O2. The first-order chi connectivity index (χ1) is 7.52. The number of aromatic nitrogens is 1. The van der Waals surface area contributed by atoms with Crippen molar-refractivity contribution in [3.05, 3.63) is 34.2 Å². The second-order valence-corrected chi connectivity index (χ2v) is 4.05. The quantitative estimate of drug-likeness (QED) is 0.828. The first-order valence-corrected chi connectivity index (χ1v) is 5.49. The number of nitrogens with one attached hydrogen (secondary N) is 1. The lowest BCUT2D eigenvalue weighted by Crippen LogP contribution is -2.36. The molecule has 0 aliphatic heterocycles. The molecule has 88 valence electrons. The van der Waals surface area contributed by atoms with Crippen LogP contribution in [-0.4, -0.2) is 16.5 Å². The van der Waals surface area contributed by atoms with Crippen LogP contribution in [0.25, 0.3) is 0 Å². The van der Waals surface area contributed by atoms with Crippen LogP contribution >= 0.6 is 0 Å². The van der Waals surface area contributed by atoms with Gasteiger partial charge in [0.2, 0.25) is 5.91 Å². The number of nitrogens with zero attached hydrogens (tertiary/aromatic N) is 1. The summed E-state index contributed by atoms with van der Waals surface area (Å²) in [4.78, 5) is 23.1. The summed E-state index contributed by atoms with van der Waals surface area (Å²) in [6.07, 6.45) is 2.53. The molecule has 1 atom stereocenters. The minimum atomic E-state index is -0.140. The van der Waals surface area contributed by atoms with E-state index in [9.17, 15) is 9.59 Å². The first kappa shape index (κ1) is 12.5. The molecule has 1 rings (SSSR count). The average Bonchev–Trinajstić information content (AvgIpc) is 2.22. The monoisotopic (exact) mass is 222 g/mol. The Balaban J connectivity index is 2.67. The lowest BCUT2D eigenvalue weighted by atomic mass is 10.2. The largest absolute Gasteiger partial charge is 0.352 e. The summed E-state index contributed by atoms with van der Waals surface area (Å²) in [6.45, 7) is 5.88. The van der Waals surface area contributed by atoms with Crippen LogP contribution in [0.2, 0.25) is 0 Å². The van der Waals surface area contributed by atoms with Crippen molar-refractivity contribution in [2.24, 2.45) is 0 Å². The highest BCUT2D eigenvalue weighted by atomic mass is 16.2. The number of rotatable bonds is 4. The van der Waals surface area contributed by atoms with Crippen LogP contribution in [0.4, 0.5) is 0 Å². The van der Waals surface area contributed by atoms with E-state index in [1.54, 1.807) is 6.20 Å². The molecule has 0 aromatic carbocycles. The summed E-state index contributed by atoms with van der Waals surface area (Å²) in [5, 5.41) is 2.82. The summed E-state index contributed by atoms with van der Waals surface area (Å²) < 4.78 is 1.41. The van der Waals surface area contributed by atoms with E-state index in [2.05, 4.69) is 5.32 Å². The number of carbonyl (C=O) groups excluding carboxylic acids is 1. The molecular weight excluding hydrogens is 204 g/mol. The van der Waals surface area contributed by atoms with Crippen molar-refractivity contribution in [1.29, 1.82) is 0 Å². The molecule has 0 aliphatic carbocycles. The van der Waals surface area contributed by atoms with Crippen molar-refractivity contribution < 1.29 is 4.79 Å². The Kier molecular flexibility index (Phi) is 4.28. The van der Waals surface area contributed by atoms with Crippen LogP contribution in [0.1, 0.15) is 25.8 Å². The Morgan fingerprint density at radius 3 is 2.81 bits per heavy atom. The predicted molar refractivity (Wildman–Crippen MR) is 63.3 cm³/mol. The van der Waals surface area contributed by atoms with E-state index in [1.807, 2.05) is 26.8 Å². The van der Waals surface area contributed by atoms with Gasteiger partial charge in [-0.25, -0.2) is 0 Å². The molecule has 4 nitrogen and oxygen atoms in total. The molecule has 1 heterocycles. The molecule has 0 spiro atoms. The highest BCUT2D eigenvalue weighted by molar-refractivity contribution is 5.75. The molecule has 4 heteroatoms. The normalized spacial score (nSPS) is 12.2. The molecule has 0 fully saturated rings. The zero-order valence-electron chi connectivity index (χ0n) is 9.99. The Labute approximate surface area is 95.3 Å². The Morgan fingerprint density at radius 1 is 1.56 bits per heavy atom. The Morgan fingerprint density at radius 2 is 2.25 bits per heavy atom. The van der Waals surface area contributed by atoms with Gasteiger partial charge in [0.05, 0.1) is 0 Å². The third-order valence-electron chi connectivity index (χ3n) is 2.49. The first-order valence-electron chi connectivity index (χ1n) is 5.49. The van der Waals surface area contributed by atoms with Crippen molar-refractivity contribution in [2.75, 3.05) is 0 Å². The van der Waals surface area contributed by atoms with E-state index >= 15 is 0 Å². The second kappa shape index (κ2) is 5.49.